The first-order valence-electron chi connectivity index (χ1n) is 7.94. The predicted molar refractivity (Wildman–Crippen MR) is 99.3 cm³/mol. The summed E-state index contributed by atoms with van der Waals surface area (Å²) in [6, 6.07) is 5.95. The number of carbonyl (C=O) groups is 1. The van der Waals surface area contributed by atoms with Gasteiger partial charge in [-0.2, -0.15) is 18.2 Å². The van der Waals surface area contributed by atoms with Crippen LogP contribution in [0.25, 0.3) is 10.2 Å². The van der Waals surface area contributed by atoms with Gasteiger partial charge in [0, 0.05) is 18.7 Å². The van der Waals surface area contributed by atoms with E-state index in [1.54, 1.807) is 0 Å². The van der Waals surface area contributed by atoms with Crippen molar-refractivity contribution in [3.63, 3.8) is 0 Å². The van der Waals surface area contributed by atoms with E-state index in [1.165, 1.54) is 11.3 Å². The van der Waals surface area contributed by atoms with Crippen LogP contribution in [0.15, 0.2) is 35.7 Å². The molecule has 3 rings (SSSR count). The van der Waals surface area contributed by atoms with Crippen LogP contribution in [0.4, 0.5) is 19.0 Å². The Balaban J connectivity index is 1.47. The van der Waals surface area contributed by atoms with Gasteiger partial charge in [-0.25, -0.2) is 4.98 Å². The van der Waals surface area contributed by atoms with Crippen LogP contribution < -0.4 is 10.6 Å². The standard InChI is InChI=1S/C17H14ClF3N4OS/c18-16-24-12-6-9-27-13(12)14(25-16)22-7-1-8-23-15(26)10-2-4-11(5-3-10)17(19,20)21/h2-6,9H,1,7-8H2,(H,23,26)(H,22,24,25). The number of aromatic nitrogens is 2. The highest BCUT2D eigenvalue weighted by Crippen LogP contribution is 2.29. The first kappa shape index (κ1) is 19.4. The maximum absolute atomic E-state index is 12.5. The second kappa shape index (κ2) is 8.10. The molecule has 142 valence electrons. The lowest BCUT2D eigenvalue weighted by molar-refractivity contribution is -0.137. The van der Waals surface area contributed by atoms with Crippen molar-refractivity contribution in [3.05, 3.63) is 52.1 Å². The molecule has 1 amide bonds. The molecule has 3 aromatic rings. The number of benzene rings is 1. The van der Waals surface area contributed by atoms with E-state index in [1.807, 2.05) is 11.4 Å². The van der Waals surface area contributed by atoms with Crippen LogP contribution in [0.3, 0.4) is 0 Å². The number of alkyl halides is 3. The van der Waals surface area contributed by atoms with Crippen molar-refractivity contribution in [2.24, 2.45) is 0 Å². The second-order valence-electron chi connectivity index (χ2n) is 5.59. The van der Waals surface area contributed by atoms with Crippen LogP contribution in [0.1, 0.15) is 22.3 Å². The lowest BCUT2D eigenvalue weighted by Crippen LogP contribution is -2.26. The van der Waals surface area contributed by atoms with Crippen molar-refractivity contribution in [2.75, 3.05) is 18.4 Å². The average Bonchev–Trinajstić information content (AvgIpc) is 3.09. The Morgan fingerprint density at radius 3 is 2.56 bits per heavy atom. The molecule has 27 heavy (non-hydrogen) atoms. The van der Waals surface area contributed by atoms with E-state index in [2.05, 4.69) is 20.6 Å². The summed E-state index contributed by atoms with van der Waals surface area (Å²) >= 11 is 7.38. The van der Waals surface area contributed by atoms with Gasteiger partial charge < -0.3 is 10.6 Å². The highest BCUT2D eigenvalue weighted by atomic mass is 35.5. The van der Waals surface area contributed by atoms with E-state index in [0.717, 1.165) is 34.5 Å². The van der Waals surface area contributed by atoms with Gasteiger partial charge in [0.1, 0.15) is 5.82 Å². The summed E-state index contributed by atoms with van der Waals surface area (Å²) in [5.41, 5.74) is 0.156. The summed E-state index contributed by atoms with van der Waals surface area (Å²) < 4.78 is 38.5. The van der Waals surface area contributed by atoms with Gasteiger partial charge in [0.25, 0.3) is 5.91 Å². The Kier molecular flexibility index (Phi) is 5.81. The van der Waals surface area contributed by atoms with Crippen molar-refractivity contribution >= 4 is 44.9 Å². The minimum Gasteiger partial charge on any atom is -0.369 e. The lowest BCUT2D eigenvalue weighted by atomic mass is 10.1. The molecule has 2 aromatic heterocycles. The van der Waals surface area contributed by atoms with Gasteiger partial charge in [-0.3, -0.25) is 4.79 Å². The molecule has 1 aromatic carbocycles. The fourth-order valence-electron chi connectivity index (χ4n) is 2.36. The zero-order valence-electron chi connectivity index (χ0n) is 13.8. The van der Waals surface area contributed by atoms with Gasteiger partial charge in [-0.05, 0) is 53.7 Å². The molecule has 10 heteroatoms. The topological polar surface area (TPSA) is 66.9 Å². The minimum absolute atomic E-state index is 0.152. The Hall–Kier alpha value is -2.39. The number of rotatable bonds is 6. The number of thiophene rings is 1. The molecule has 0 spiro atoms. The highest BCUT2D eigenvalue weighted by molar-refractivity contribution is 7.17. The number of amides is 1. The molecule has 0 radical (unpaired) electrons. The molecule has 0 fully saturated rings. The Morgan fingerprint density at radius 1 is 1.11 bits per heavy atom. The van der Waals surface area contributed by atoms with E-state index in [0.29, 0.717) is 25.3 Å². The summed E-state index contributed by atoms with van der Waals surface area (Å²) in [6.07, 6.45) is -3.82. The third-order valence-corrected chi connectivity index (χ3v) is 4.76. The van der Waals surface area contributed by atoms with Crippen molar-refractivity contribution in [2.45, 2.75) is 12.6 Å². The molecule has 0 saturated heterocycles. The lowest BCUT2D eigenvalue weighted by Gasteiger charge is -2.09. The van der Waals surface area contributed by atoms with Crippen LogP contribution >= 0.6 is 22.9 Å². The maximum Gasteiger partial charge on any atom is 0.416 e. The fraction of sp³-hybridized carbons (Fsp3) is 0.235. The predicted octanol–water partition coefficient (Wildman–Crippen LogP) is 4.60. The normalized spacial score (nSPS) is 11.6. The molecule has 0 bridgehead atoms. The molecule has 0 saturated carbocycles. The Bertz CT molecular complexity index is 943. The maximum atomic E-state index is 12.5. The number of nitrogens with one attached hydrogen (secondary N) is 2. The molecule has 0 aliphatic rings. The van der Waals surface area contributed by atoms with Gasteiger partial charge in [-0.15, -0.1) is 11.3 Å². The third kappa shape index (κ3) is 4.86. The fourth-order valence-corrected chi connectivity index (χ4v) is 3.34. The van der Waals surface area contributed by atoms with Crippen LogP contribution in [0.5, 0.6) is 0 Å². The minimum atomic E-state index is -4.42. The van der Waals surface area contributed by atoms with Crippen molar-refractivity contribution < 1.29 is 18.0 Å². The van der Waals surface area contributed by atoms with E-state index < -0.39 is 17.6 Å². The van der Waals surface area contributed by atoms with Gasteiger partial charge in [0.05, 0.1) is 15.8 Å². The van der Waals surface area contributed by atoms with E-state index in [-0.39, 0.29) is 10.8 Å². The third-order valence-electron chi connectivity index (χ3n) is 3.68. The first-order chi connectivity index (χ1) is 12.8. The molecule has 2 N–H and O–H groups in total. The smallest absolute Gasteiger partial charge is 0.369 e. The van der Waals surface area contributed by atoms with Gasteiger partial charge >= 0.3 is 6.18 Å². The van der Waals surface area contributed by atoms with E-state index in [4.69, 9.17) is 11.6 Å². The van der Waals surface area contributed by atoms with Crippen LogP contribution in [-0.4, -0.2) is 29.0 Å². The summed E-state index contributed by atoms with van der Waals surface area (Å²) in [7, 11) is 0. The Morgan fingerprint density at radius 2 is 1.85 bits per heavy atom. The van der Waals surface area contributed by atoms with Crippen molar-refractivity contribution in [3.8, 4) is 0 Å². The number of carbonyl (C=O) groups excluding carboxylic acids is 1. The molecular formula is C17H14ClF3N4OS. The molecule has 2 heterocycles. The second-order valence-corrected chi connectivity index (χ2v) is 6.84. The number of hydrogen-bond acceptors (Lipinski definition) is 5. The zero-order chi connectivity index (χ0) is 19.4. The molecule has 0 aliphatic heterocycles. The number of hydrogen-bond donors (Lipinski definition) is 2. The van der Waals surface area contributed by atoms with E-state index in [9.17, 15) is 18.0 Å². The van der Waals surface area contributed by atoms with Gasteiger partial charge in [0.2, 0.25) is 5.28 Å². The number of fused-ring (bicyclic) bond motifs is 1. The first-order valence-corrected chi connectivity index (χ1v) is 9.20. The zero-order valence-corrected chi connectivity index (χ0v) is 15.4. The number of anilines is 1. The summed E-state index contributed by atoms with van der Waals surface area (Å²) in [5.74, 6) is 0.212. The Labute approximate surface area is 161 Å². The highest BCUT2D eigenvalue weighted by Gasteiger charge is 2.30. The number of nitrogens with zero attached hydrogens (tertiary/aromatic N) is 2. The van der Waals surface area contributed by atoms with Crippen LogP contribution in [0.2, 0.25) is 5.28 Å². The van der Waals surface area contributed by atoms with Crippen LogP contribution in [-0.2, 0) is 6.18 Å². The monoisotopic (exact) mass is 414 g/mol. The van der Waals surface area contributed by atoms with Gasteiger partial charge in [0.15, 0.2) is 0 Å². The molecule has 0 aliphatic carbocycles. The molecular weight excluding hydrogens is 401 g/mol. The van der Waals surface area contributed by atoms with Crippen molar-refractivity contribution in [1.82, 2.24) is 15.3 Å². The SMILES string of the molecule is O=C(NCCCNc1nc(Cl)nc2ccsc12)c1ccc(C(F)(F)F)cc1. The molecule has 5 nitrogen and oxygen atoms in total. The van der Waals surface area contributed by atoms with E-state index >= 15 is 0 Å². The number of halogens is 4. The summed E-state index contributed by atoms with van der Waals surface area (Å²) in [4.78, 5) is 20.2. The largest absolute Gasteiger partial charge is 0.416 e. The summed E-state index contributed by atoms with van der Waals surface area (Å²) in [5, 5.41) is 7.87. The van der Waals surface area contributed by atoms with Gasteiger partial charge in [-0.1, -0.05) is 0 Å². The quantitative estimate of drug-likeness (QED) is 0.457. The van der Waals surface area contributed by atoms with Crippen LogP contribution in [0, 0.1) is 0 Å². The van der Waals surface area contributed by atoms with Crippen molar-refractivity contribution in [1.29, 1.82) is 0 Å². The molecule has 0 unspecified atom stereocenters. The molecule has 0 atom stereocenters. The average molecular weight is 415 g/mol. The summed E-state index contributed by atoms with van der Waals surface area (Å²) in [6.45, 7) is 0.896.